The number of amides is 2. The number of hydrogen-bond acceptors (Lipinski definition) is 9. The highest BCUT2D eigenvalue weighted by atomic mass is 16.3. The molecule has 1 saturated carbocycles. The van der Waals surface area contributed by atoms with Gasteiger partial charge in [0, 0.05) is 35.2 Å². The fourth-order valence-electron chi connectivity index (χ4n) is 6.34. The van der Waals surface area contributed by atoms with Crippen LogP contribution in [0.4, 0.5) is 5.69 Å². The van der Waals surface area contributed by atoms with Gasteiger partial charge in [-0.3, -0.25) is 24.1 Å². The molecular weight excluding hydrogens is 542 g/mol. The zero-order chi connectivity index (χ0) is 30.7. The largest absolute Gasteiger partial charge is 0.508 e. The van der Waals surface area contributed by atoms with E-state index >= 15 is 0 Å². The van der Waals surface area contributed by atoms with Crippen molar-refractivity contribution in [3.63, 3.8) is 0 Å². The first-order valence-electron chi connectivity index (χ1n) is 13.2. The maximum atomic E-state index is 13.9. The minimum absolute atomic E-state index is 0.0150. The minimum atomic E-state index is -2.69. The number of fused-ring (bicyclic) bond motifs is 3. The number of rotatable bonds is 3. The number of phenolic OH excluding ortho intramolecular Hbond substituents is 1. The first-order valence-corrected chi connectivity index (χ1v) is 13.2. The minimum Gasteiger partial charge on any atom is -0.508 e. The molecule has 2 aromatic rings. The summed E-state index contributed by atoms with van der Waals surface area (Å²) in [6.07, 6.45) is 0.118. The number of likely N-dealkylation sites (N-methyl/N-ethyl adjacent to an activating group) is 1. The van der Waals surface area contributed by atoms with Crippen LogP contribution in [0.2, 0.25) is 0 Å². The van der Waals surface area contributed by atoms with Crippen LogP contribution >= 0.6 is 0 Å². The number of phenols is 1. The van der Waals surface area contributed by atoms with Gasteiger partial charge in [-0.1, -0.05) is 11.8 Å². The number of nitrogens with two attached hydrogens (primary N) is 1. The number of carbonyl (C=O) groups excluding carboxylic acids is 4. The predicted molar refractivity (Wildman–Crippen MR) is 151 cm³/mol. The van der Waals surface area contributed by atoms with Crippen LogP contribution in [0.15, 0.2) is 53.3 Å². The lowest BCUT2D eigenvalue weighted by atomic mass is 9.57. The summed E-state index contributed by atoms with van der Waals surface area (Å²) in [6.45, 7) is 1.40. The molecule has 216 valence electrons. The number of benzene rings is 2. The second-order valence-corrected chi connectivity index (χ2v) is 11.0. The molecule has 0 saturated heterocycles. The first-order chi connectivity index (χ1) is 19.8. The van der Waals surface area contributed by atoms with Crippen LogP contribution in [0.5, 0.6) is 5.75 Å². The van der Waals surface area contributed by atoms with Crippen molar-refractivity contribution in [2.45, 2.75) is 31.4 Å². The molecule has 2 amide bonds. The third-order valence-corrected chi connectivity index (χ3v) is 8.15. The van der Waals surface area contributed by atoms with E-state index in [1.165, 1.54) is 17.9 Å². The highest BCUT2D eigenvalue weighted by Crippen LogP contribution is 2.52. The molecule has 5 rings (SSSR count). The van der Waals surface area contributed by atoms with Crippen molar-refractivity contribution in [2.75, 3.05) is 19.4 Å². The average Bonchev–Trinajstić information content (AvgIpc) is 2.90. The molecule has 0 spiro atoms. The molecule has 0 heterocycles. The number of aliphatic hydroxyl groups excluding tert-OH is 2. The maximum absolute atomic E-state index is 13.9. The standard InChI is InChI=1S/C31H29N3O8/c1-14(35)33-18-9-5-15(6-10-18)4-7-16-8-11-21(36)23-19(16)12-17-13-20-25(34(2)3)27(38)24(30(32)41)29(40)31(20,42)28(39)22(17)26(23)37/h5-6,8-11,17,20,25,36-37,40,42H,12-13H2,1-3H3,(H2,32,41)(H,33,35)/t17-,20-,25-,31-/m0/s1. The van der Waals surface area contributed by atoms with E-state index in [-0.39, 0.29) is 35.6 Å². The van der Waals surface area contributed by atoms with Gasteiger partial charge in [0.1, 0.15) is 22.8 Å². The molecule has 0 radical (unpaired) electrons. The SMILES string of the molecule is CC(=O)Nc1ccc(C#Cc2ccc(O)c3c2C[C@H]2C[C@H]4[C@H](N(C)C)C(=O)C(C(N)=O)=C(O)[C@@]4(O)C(=O)C2=C3O)cc1. The quantitative estimate of drug-likeness (QED) is 0.233. The number of ketones is 2. The lowest BCUT2D eigenvalue weighted by molar-refractivity contribution is -0.153. The summed E-state index contributed by atoms with van der Waals surface area (Å²) >= 11 is 0. The second kappa shape index (κ2) is 10.2. The Balaban J connectivity index is 1.61. The van der Waals surface area contributed by atoms with Crippen molar-refractivity contribution in [2.24, 2.45) is 17.6 Å². The second-order valence-electron chi connectivity index (χ2n) is 11.0. The van der Waals surface area contributed by atoms with Gasteiger partial charge in [0.2, 0.25) is 11.7 Å². The van der Waals surface area contributed by atoms with Gasteiger partial charge in [0.25, 0.3) is 5.91 Å². The number of Topliss-reactive ketones (excluding diaryl/α,β-unsaturated/α-hetero) is 2. The van der Waals surface area contributed by atoms with Gasteiger partial charge in [-0.25, -0.2) is 0 Å². The molecule has 3 aliphatic rings. The van der Waals surface area contributed by atoms with E-state index in [0.717, 1.165) is 0 Å². The molecule has 42 heavy (non-hydrogen) atoms. The summed E-state index contributed by atoms with van der Waals surface area (Å²) in [5.74, 6) is -1.19. The smallest absolute Gasteiger partial charge is 0.255 e. The van der Waals surface area contributed by atoms with E-state index in [0.29, 0.717) is 22.4 Å². The Bertz CT molecular complexity index is 1690. The van der Waals surface area contributed by atoms with Crippen molar-refractivity contribution in [1.29, 1.82) is 0 Å². The van der Waals surface area contributed by atoms with Crippen LogP contribution in [0.25, 0.3) is 5.76 Å². The third kappa shape index (κ3) is 4.32. The number of aliphatic hydroxyl groups is 3. The molecule has 11 nitrogen and oxygen atoms in total. The Hall–Kier alpha value is -4.92. The zero-order valence-electron chi connectivity index (χ0n) is 23.1. The van der Waals surface area contributed by atoms with Crippen LogP contribution in [0.3, 0.4) is 0 Å². The van der Waals surface area contributed by atoms with E-state index in [9.17, 15) is 39.6 Å². The van der Waals surface area contributed by atoms with E-state index < -0.39 is 58.0 Å². The number of primary amides is 1. The normalized spacial score (nSPS) is 24.8. The third-order valence-electron chi connectivity index (χ3n) is 8.15. The number of nitrogens with zero attached hydrogens (tertiary/aromatic N) is 1. The van der Waals surface area contributed by atoms with E-state index in [1.54, 1.807) is 44.4 Å². The van der Waals surface area contributed by atoms with Crippen molar-refractivity contribution in [3.05, 3.63) is 75.6 Å². The van der Waals surface area contributed by atoms with Crippen LogP contribution in [0.1, 0.15) is 35.6 Å². The molecule has 4 atom stereocenters. The summed E-state index contributed by atoms with van der Waals surface area (Å²) < 4.78 is 0. The summed E-state index contributed by atoms with van der Waals surface area (Å²) in [4.78, 5) is 52.0. The summed E-state index contributed by atoms with van der Waals surface area (Å²) in [7, 11) is 3.09. The summed E-state index contributed by atoms with van der Waals surface area (Å²) in [5, 5.41) is 47.3. The van der Waals surface area contributed by atoms with Gasteiger partial charge in [-0.05, 0) is 74.8 Å². The predicted octanol–water partition coefficient (Wildman–Crippen LogP) is 1.32. The highest BCUT2D eigenvalue weighted by Gasteiger charge is 2.64. The van der Waals surface area contributed by atoms with Gasteiger partial charge >= 0.3 is 0 Å². The van der Waals surface area contributed by atoms with E-state index in [4.69, 9.17) is 5.73 Å². The van der Waals surface area contributed by atoms with Crippen LogP contribution in [0, 0.1) is 23.7 Å². The Morgan fingerprint density at radius 1 is 1.05 bits per heavy atom. The summed E-state index contributed by atoms with van der Waals surface area (Å²) in [6, 6.07) is 8.61. The van der Waals surface area contributed by atoms with Crippen LogP contribution in [-0.2, 0) is 25.6 Å². The van der Waals surface area contributed by atoms with Crippen molar-refractivity contribution >= 4 is 34.8 Å². The van der Waals surface area contributed by atoms with Crippen LogP contribution < -0.4 is 11.1 Å². The average molecular weight is 572 g/mol. The maximum Gasteiger partial charge on any atom is 0.255 e. The number of anilines is 1. The molecule has 0 aliphatic heterocycles. The lowest BCUT2D eigenvalue weighted by Gasteiger charge is -2.50. The first kappa shape index (κ1) is 28.6. The molecule has 3 aliphatic carbocycles. The van der Waals surface area contributed by atoms with Gasteiger partial charge in [-0.15, -0.1) is 0 Å². The number of hydrogen-bond donors (Lipinski definition) is 6. The molecule has 0 bridgehead atoms. The Labute approximate surface area is 240 Å². The Morgan fingerprint density at radius 3 is 2.31 bits per heavy atom. The molecule has 0 aromatic heterocycles. The van der Waals surface area contributed by atoms with E-state index in [1.807, 2.05) is 0 Å². The number of nitrogens with one attached hydrogen (secondary N) is 1. The molecule has 1 fully saturated rings. The molecular formula is C31H29N3O8. The zero-order valence-corrected chi connectivity index (χ0v) is 23.1. The van der Waals surface area contributed by atoms with Crippen molar-refractivity contribution < 1.29 is 39.6 Å². The molecule has 7 N–H and O–H groups in total. The number of carbonyl (C=O) groups is 4. The van der Waals surface area contributed by atoms with Crippen molar-refractivity contribution in [3.8, 4) is 17.6 Å². The highest BCUT2D eigenvalue weighted by molar-refractivity contribution is 6.24. The van der Waals surface area contributed by atoms with Crippen molar-refractivity contribution in [1.82, 2.24) is 4.90 Å². The van der Waals surface area contributed by atoms with E-state index in [2.05, 4.69) is 17.2 Å². The fourth-order valence-corrected chi connectivity index (χ4v) is 6.34. The van der Waals surface area contributed by atoms with Gasteiger partial charge in [-0.2, -0.15) is 0 Å². The fraction of sp³-hybridized carbons (Fsp3) is 0.290. The van der Waals surface area contributed by atoms with Gasteiger partial charge < -0.3 is 31.5 Å². The Kier molecular flexibility index (Phi) is 6.92. The lowest BCUT2D eigenvalue weighted by Crippen LogP contribution is -2.65. The monoisotopic (exact) mass is 571 g/mol. The topological polar surface area (TPSA) is 190 Å². The van der Waals surface area contributed by atoms with Crippen LogP contribution in [-0.4, -0.2) is 74.4 Å². The molecule has 2 aromatic carbocycles. The van der Waals surface area contributed by atoms with Gasteiger partial charge in [0.05, 0.1) is 11.6 Å². The Morgan fingerprint density at radius 2 is 1.71 bits per heavy atom. The summed E-state index contributed by atoms with van der Waals surface area (Å²) in [5.41, 5.74) is 3.75. The molecule has 11 heteroatoms. The number of aromatic hydroxyl groups is 1. The molecule has 0 unspecified atom stereocenters. The van der Waals surface area contributed by atoms with Gasteiger partial charge in [0.15, 0.2) is 11.4 Å².